The van der Waals surface area contributed by atoms with Crippen LogP contribution in [0, 0.1) is 6.92 Å². The number of ether oxygens (including phenoxy) is 1. The van der Waals surface area contributed by atoms with E-state index in [9.17, 15) is 0 Å². The summed E-state index contributed by atoms with van der Waals surface area (Å²) in [5.74, 6) is 0.682. The summed E-state index contributed by atoms with van der Waals surface area (Å²) in [6.45, 7) is 6.62. The van der Waals surface area contributed by atoms with Gasteiger partial charge in [0.1, 0.15) is 0 Å². The van der Waals surface area contributed by atoms with Crippen LogP contribution in [-0.4, -0.2) is 11.1 Å². The van der Waals surface area contributed by atoms with Crippen LogP contribution in [0.2, 0.25) is 0 Å². The molecule has 1 rings (SSSR count). The maximum atomic E-state index is 5.68. The van der Waals surface area contributed by atoms with E-state index in [4.69, 9.17) is 10.5 Å². The van der Waals surface area contributed by atoms with E-state index in [1.165, 1.54) is 0 Å². The molecule has 0 spiro atoms. The highest BCUT2D eigenvalue weighted by Crippen LogP contribution is 2.19. The summed E-state index contributed by atoms with van der Waals surface area (Å²) in [5.41, 5.74) is 7.80. The van der Waals surface area contributed by atoms with Gasteiger partial charge in [-0.2, -0.15) is 0 Å². The Labute approximate surface area is 85.3 Å². The van der Waals surface area contributed by atoms with Crippen LogP contribution in [0.1, 0.15) is 31.4 Å². The molecule has 0 saturated carbocycles. The van der Waals surface area contributed by atoms with E-state index in [-0.39, 0.29) is 6.10 Å². The van der Waals surface area contributed by atoms with Crippen LogP contribution in [0.25, 0.3) is 0 Å². The Balaban J connectivity index is 2.90. The van der Waals surface area contributed by atoms with Gasteiger partial charge >= 0.3 is 0 Å². The molecule has 14 heavy (non-hydrogen) atoms. The van der Waals surface area contributed by atoms with Gasteiger partial charge < -0.3 is 10.5 Å². The van der Waals surface area contributed by atoms with Gasteiger partial charge in [-0.25, -0.2) is 4.98 Å². The van der Waals surface area contributed by atoms with Crippen LogP contribution < -0.4 is 10.5 Å². The standard InChI is InChI=1S/C11H18N2O/c1-4-9(3)14-11-10(7-12)8(2)5-6-13-11/h5-6,9H,4,7,12H2,1-3H3. The highest BCUT2D eigenvalue weighted by molar-refractivity contribution is 5.33. The van der Waals surface area contributed by atoms with Crippen LogP contribution in [0.4, 0.5) is 0 Å². The number of aryl methyl sites for hydroxylation is 1. The third kappa shape index (κ3) is 2.45. The van der Waals surface area contributed by atoms with Crippen LogP contribution in [0.5, 0.6) is 5.88 Å². The first-order chi connectivity index (χ1) is 6.69. The Morgan fingerprint density at radius 3 is 2.86 bits per heavy atom. The van der Waals surface area contributed by atoms with Crippen molar-refractivity contribution in [3.05, 3.63) is 23.4 Å². The zero-order valence-electron chi connectivity index (χ0n) is 9.08. The number of aromatic nitrogens is 1. The molecule has 0 radical (unpaired) electrons. The lowest BCUT2D eigenvalue weighted by atomic mass is 10.1. The minimum absolute atomic E-state index is 0.189. The molecule has 0 aromatic carbocycles. The van der Waals surface area contributed by atoms with Crippen LogP contribution in [-0.2, 0) is 6.54 Å². The SMILES string of the molecule is CCC(C)Oc1nccc(C)c1CN. The molecular weight excluding hydrogens is 176 g/mol. The van der Waals surface area contributed by atoms with Crippen LogP contribution >= 0.6 is 0 Å². The van der Waals surface area contributed by atoms with Gasteiger partial charge in [-0.3, -0.25) is 0 Å². The van der Waals surface area contributed by atoms with E-state index in [2.05, 4.69) is 11.9 Å². The molecule has 78 valence electrons. The smallest absolute Gasteiger partial charge is 0.218 e. The van der Waals surface area contributed by atoms with E-state index < -0.39 is 0 Å². The van der Waals surface area contributed by atoms with Crippen molar-refractivity contribution in [2.75, 3.05) is 0 Å². The molecule has 0 saturated heterocycles. The Morgan fingerprint density at radius 1 is 1.57 bits per heavy atom. The molecule has 0 amide bonds. The molecule has 0 aliphatic heterocycles. The Hall–Kier alpha value is -1.09. The molecule has 2 N–H and O–H groups in total. The fourth-order valence-corrected chi connectivity index (χ4v) is 1.19. The zero-order valence-corrected chi connectivity index (χ0v) is 9.08. The van der Waals surface area contributed by atoms with E-state index in [0.717, 1.165) is 17.5 Å². The first-order valence-electron chi connectivity index (χ1n) is 5.00. The monoisotopic (exact) mass is 194 g/mol. The Kier molecular flexibility index (Phi) is 3.89. The topological polar surface area (TPSA) is 48.1 Å². The summed E-state index contributed by atoms with van der Waals surface area (Å²) in [5, 5.41) is 0. The molecule has 1 atom stereocenters. The number of nitrogens with two attached hydrogens (primary N) is 1. The normalized spacial score (nSPS) is 12.6. The molecule has 1 aromatic rings. The van der Waals surface area contributed by atoms with Crippen LogP contribution in [0.3, 0.4) is 0 Å². The molecule has 3 nitrogen and oxygen atoms in total. The molecule has 0 fully saturated rings. The van der Waals surface area contributed by atoms with Crippen molar-refractivity contribution in [1.82, 2.24) is 4.98 Å². The van der Waals surface area contributed by atoms with Gasteiger partial charge in [0, 0.05) is 18.3 Å². The maximum Gasteiger partial charge on any atom is 0.218 e. The lowest BCUT2D eigenvalue weighted by Gasteiger charge is -2.15. The molecule has 1 unspecified atom stereocenters. The summed E-state index contributed by atoms with van der Waals surface area (Å²) in [6, 6.07) is 1.95. The summed E-state index contributed by atoms with van der Waals surface area (Å²) in [4.78, 5) is 4.20. The van der Waals surface area contributed by atoms with Gasteiger partial charge in [0.25, 0.3) is 0 Å². The summed E-state index contributed by atoms with van der Waals surface area (Å²) < 4.78 is 5.68. The Morgan fingerprint density at radius 2 is 2.29 bits per heavy atom. The van der Waals surface area contributed by atoms with Gasteiger partial charge in [0.05, 0.1) is 6.10 Å². The first kappa shape index (κ1) is 11.0. The molecular formula is C11H18N2O. The largest absolute Gasteiger partial charge is 0.474 e. The summed E-state index contributed by atoms with van der Waals surface area (Å²) in [7, 11) is 0. The molecule has 1 heterocycles. The lowest BCUT2D eigenvalue weighted by molar-refractivity contribution is 0.206. The van der Waals surface area contributed by atoms with E-state index in [0.29, 0.717) is 12.4 Å². The second-order valence-electron chi connectivity index (χ2n) is 3.45. The van der Waals surface area contributed by atoms with Gasteiger partial charge in [-0.1, -0.05) is 6.92 Å². The third-order valence-corrected chi connectivity index (χ3v) is 2.34. The van der Waals surface area contributed by atoms with Crippen molar-refractivity contribution in [3.63, 3.8) is 0 Å². The Bertz CT molecular complexity index is 299. The molecule has 0 bridgehead atoms. The summed E-state index contributed by atoms with van der Waals surface area (Å²) in [6.07, 6.45) is 2.92. The van der Waals surface area contributed by atoms with Crippen molar-refractivity contribution >= 4 is 0 Å². The zero-order chi connectivity index (χ0) is 10.6. The fraction of sp³-hybridized carbons (Fsp3) is 0.545. The van der Waals surface area contributed by atoms with E-state index >= 15 is 0 Å². The van der Waals surface area contributed by atoms with E-state index in [1.807, 2.05) is 19.9 Å². The summed E-state index contributed by atoms with van der Waals surface area (Å²) >= 11 is 0. The minimum atomic E-state index is 0.189. The number of hydrogen-bond acceptors (Lipinski definition) is 3. The van der Waals surface area contributed by atoms with Gasteiger partial charge in [-0.05, 0) is 31.9 Å². The average molecular weight is 194 g/mol. The predicted octanol–water partition coefficient (Wildman–Crippen LogP) is 2.03. The molecule has 0 aliphatic carbocycles. The van der Waals surface area contributed by atoms with Gasteiger partial charge in [0.2, 0.25) is 5.88 Å². The first-order valence-corrected chi connectivity index (χ1v) is 5.00. The number of hydrogen-bond donors (Lipinski definition) is 1. The molecule has 1 aromatic heterocycles. The second-order valence-corrected chi connectivity index (χ2v) is 3.45. The number of nitrogens with zero attached hydrogens (tertiary/aromatic N) is 1. The maximum absolute atomic E-state index is 5.68. The third-order valence-electron chi connectivity index (χ3n) is 2.34. The quantitative estimate of drug-likeness (QED) is 0.797. The average Bonchev–Trinajstić information content (AvgIpc) is 2.18. The van der Waals surface area contributed by atoms with Crippen molar-refractivity contribution in [2.45, 2.75) is 39.8 Å². The fourth-order valence-electron chi connectivity index (χ4n) is 1.19. The lowest BCUT2D eigenvalue weighted by Crippen LogP contribution is -2.14. The van der Waals surface area contributed by atoms with Crippen molar-refractivity contribution in [2.24, 2.45) is 5.73 Å². The van der Waals surface area contributed by atoms with Crippen molar-refractivity contribution in [3.8, 4) is 5.88 Å². The molecule has 3 heteroatoms. The minimum Gasteiger partial charge on any atom is -0.474 e. The number of rotatable bonds is 4. The van der Waals surface area contributed by atoms with Crippen molar-refractivity contribution < 1.29 is 4.74 Å². The highest BCUT2D eigenvalue weighted by atomic mass is 16.5. The highest BCUT2D eigenvalue weighted by Gasteiger charge is 2.09. The molecule has 0 aliphatic rings. The van der Waals surface area contributed by atoms with Gasteiger partial charge in [0.15, 0.2) is 0 Å². The van der Waals surface area contributed by atoms with Crippen molar-refractivity contribution in [1.29, 1.82) is 0 Å². The predicted molar refractivity (Wildman–Crippen MR) is 57.2 cm³/mol. The van der Waals surface area contributed by atoms with Crippen LogP contribution in [0.15, 0.2) is 12.3 Å². The number of pyridine rings is 1. The second kappa shape index (κ2) is 4.96. The van der Waals surface area contributed by atoms with Gasteiger partial charge in [-0.15, -0.1) is 0 Å². The van der Waals surface area contributed by atoms with E-state index in [1.54, 1.807) is 6.20 Å².